The molecule has 1 heterocycles. The molecule has 0 spiro atoms. The van der Waals surface area contributed by atoms with E-state index in [4.69, 9.17) is 4.74 Å². The molecule has 2 aromatic carbocycles. The van der Waals surface area contributed by atoms with Gasteiger partial charge in [-0.25, -0.2) is 0 Å². The van der Waals surface area contributed by atoms with Crippen LogP contribution in [0.2, 0.25) is 0 Å². The Labute approximate surface area is 146 Å². The lowest BCUT2D eigenvalue weighted by molar-refractivity contribution is -0.124. The maximum Gasteiger partial charge on any atom is 0.254 e. The fraction of sp³-hybridized carbons (Fsp3) is 0.316. The van der Waals surface area contributed by atoms with E-state index in [1.54, 1.807) is 7.11 Å². The van der Waals surface area contributed by atoms with Gasteiger partial charge in [0, 0.05) is 4.90 Å². The second-order valence-corrected chi connectivity index (χ2v) is 7.34. The van der Waals surface area contributed by atoms with Gasteiger partial charge >= 0.3 is 0 Å². The van der Waals surface area contributed by atoms with Crippen LogP contribution in [-0.2, 0) is 4.79 Å². The number of carbonyl (C=O) groups is 1. The number of aliphatic hydroxyl groups excluding tert-OH is 1. The quantitative estimate of drug-likeness (QED) is 0.885. The lowest BCUT2D eigenvalue weighted by Crippen LogP contribution is -2.30. The molecule has 0 saturated carbocycles. The average molecular weight is 343 g/mol. The Bertz CT molecular complexity index is 743. The molecule has 2 N–H and O–H groups in total. The first-order chi connectivity index (χ1) is 11.5. The summed E-state index contributed by atoms with van der Waals surface area (Å²) in [7, 11) is 1.61. The highest BCUT2D eigenvalue weighted by Crippen LogP contribution is 2.44. The molecule has 1 amide bonds. The van der Waals surface area contributed by atoms with Gasteiger partial charge in [0.15, 0.2) is 0 Å². The Hall–Kier alpha value is -1.98. The highest BCUT2D eigenvalue weighted by Gasteiger charge is 2.33. The van der Waals surface area contributed by atoms with Crippen LogP contribution in [0.4, 0.5) is 5.69 Å². The molecule has 1 aliphatic rings. The van der Waals surface area contributed by atoms with Gasteiger partial charge in [-0.05, 0) is 41.3 Å². The summed E-state index contributed by atoms with van der Waals surface area (Å²) in [6, 6.07) is 13.5. The molecule has 4 nitrogen and oxygen atoms in total. The van der Waals surface area contributed by atoms with Gasteiger partial charge in [0.25, 0.3) is 5.91 Å². The summed E-state index contributed by atoms with van der Waals surface area (Å²) in [5.74, 6) is 0.775. The van der Waals surface area contributed by atoms with Gasteiger partial charge in [0.05, 0.1) is 18.0 Å². The van der Waals surface area contributed by atoms with Gasteiger partial charge in [0.2, 0.25) is 0 Å². The third-order valence-corrected chi connectivity index (χ3v) is 5.56. The Balaban J connectivity index is 1.99. The number of benzene rings is 2. The number of amides is 1. The normalized spacial score (nSPS) is 20.3. The second-order valence-electron chi connectivity index (χ2n) is 6.16. The summed E-state index contributed by atoms with van der Waals surface area (Å²) in [5, 5.41) is 12.9. The van der Waals surface area contributed by atoms with E-state index in [0.29, 0.717) is 5.92 Å². The molecular weight excluding hydrogens is 322 g/mol. The number of fused-ring (bicyclic) bond motifs is 1. The van der Waals surface area contributed by atoms with Crippen molar-refractivity contribution in [2.24, 2.45) is 0 Å². The van der Waals surface area contributed by atoms with Crippen LogP contribution in [0.5, 0.6) is 5.75 Å². The van der Waals surface area contributed by atoms with Crippen LogP contribution in [0.15, 0.2) is 47.4 Å². The standard InChI is InChI=1S/C19H21NO3S/c1-11(2)13-6-9-15-16(10-13)24-18(17(21)19(22)20-15)12-4-7-14(23-3)8-5-12/h4-11,17-18,21H,1-3H3,(H,20,22)/t17-,18+/m1/s1. The summed E-state index contributed by atoms with van der Waals surface area (Å²) in [6.07, 6.45) is -1.11. The summed E-state index contributed by atoms with van der Waals surface area (Å²) < 4.78 is 5.18. The monoisotopic (exact) mass is 343 g/mol. The van der Waals surface area contributed by atoms with E-state index >= 15 is 0 Å². The van der Waals surface area contributed by atoms with Crippen LogP contribution in [0.1, 0.15) is 36.1 Å². The number of anilines is 1. The number of hydrogen-bond donors (Lipinski definition) is 2. The SMILES string of the molecule is COc1ccc([C@@H]2Sc3cc(C(C)C)ccc3NC(=O)[C@@H]2O)cc1. The van der Waals surface area contributed by atoms with Crippen LogP contribution in [0.3, 0.4) is 0 Å². The minimum atomic E-state index is -1.11. The summed E-state index contributed by atoms with van der Waals surface area (Å²) in [5.41, 5.74) is 2.86. The molecule has 5 heteroatoms. The van der Waals surface area contributed by atoms with Crippen molar-refractivity contribution in [2.75, 3.05) is 12.4 Å². The topological polar surface area (TPSA) is 58.6 Å². The van der Waals surface area contributed by atoms with Crippen molar-refractivity contribution in [3.05, 3.63) is 53.6 Å². The van der Waals surface area contributed by atoms with E-state index in [1.165, 1.54) is 17.3 Å². The van der Waals surface area contributed by atoms with Crippen LogP contribution in [-0.4, -0.2) is 24.2 Å². The zero-order valence-electron chi connectivity index (χ0n) is 13.9. The smallest absolute Gasteiger partial charge is 0.254 e. The molecule has 3 rings (SSSR count). The van der Waals surface area contributed by atoms with E-state index in [9.17, 15) is 9.90 Å². The van der Waals surface area contributed by atoms with Gasteiger partial charge in [-0.15, -0.1) is 11.8 Å². The van der Waals surface area contributed by atoms with E-state index in [1.807, 2.05) is 36.4 Å². The number of thioether (sulfide) groups is 1. The molecule has 0 aromatic heterocycles. The third-order valence-electron chi connectivity index (χ3n) is 4.18. The fourth-order valence-electron chi connectivity index (χ4n) is 2.69. The molecule has 1 aliphatic heterocycles. The molecule has 0 bridgehead atoms. The number of aliphatic hydroxyl groups is 1. The van der Waals surface area contributed by atoms with Crippen molar-refractivity contribution in [2.45, 2.75) is 36.0 Å². The number of hydrogen-bond acceptors (Lipinski definition) is 4. The molecule has 0 saturated heterocycles. The zero-order valence-corrected chi connectivity index (χ0v) is 14.8. The predicted molar refractivity (Wildman–Crippen MR) is 96.8 cm³/mol. The molecule has 126 valence electrons. The van der Waals surface area contributed by atoms with Gasteiger partial charge in [0.1, 0.15) is 11.9 Å². The number of methoxy groups -OCH3 is 1. The lowest BCUT2D eigenvalue weighted by atomic mass is 10.0. The molecule has 0 aliphatic carbocycles. The van der Waals surface area contributed by atoms with Crippen molar-refractivity contribution in [1.29, 1.82) is 0 Å². The van der Waals surface area contributed by atoms with Crippen molar-refractivity contribution in [3.63, 3.8) is 0 Å². The second kappa shape index (κ2) is 6.87. The van der Waals surface area contributed by atoms with Crippen LogP contribution < -0.4 is 10.1 Å². The Kier molecular flexibility index (Phi) is 4.83. The largest absolute Gasteiger partial charge is 0.497 e. The molecule has 2 aromatic rings. The lowest BCUT2D eigenvalue weighted by Gasteiger charge is -2.19. The van der Waals surface area contributed by atoms with Crippen LogP contribution >= 0.6 is 11.8 Å². The first-order valence-electron chi connectivity index (χ1n) is 7.93. The van der Waals surface area contributed by atoms with E-state index in [-0.39, 0.29) is 11.2 Å². The number of ether oxygens (including phenoxy) is 1. The van der Waals surface area contributed by atoms with Gasteiger partial charge in [-0.1, -0.05) is 32.0 Å². The predicted octanol–water partition coefficient (Wildman–Crippen LogP) is 3.97. The van der Waals surface area contributed by atoms with Crippen molar-refractivity contribution in [1.82, 2.24) is 0 Å². The molecular formula is C19H21NO3S. The average Bonchev–Trinajstić information content (AvgIpc) is 2.71. The Morgan fingerprint density at radius 2 is 1.88 bits per heavy atom. The molecule has 0 unspecified atom stereocenters. The highest BCUT2D eigenvalue weighted by atomic mass is 32.2. The number of nitrogens with one attached hydrogen (secondary N) is 1. The molecule has 24 heavy (non-hydrogen) atoms. The number of carbonyl (C=O) groups excluding carboxylic acids is 1. The van der Waals surface area contributed by atoms with Gasteiger partial charge in [-0.2, -0.15) is 0 Å². The fourth-order valence-corrected chi connectivity index (χ4v) is 3.96. The van der Waals surface area contributed by atoms with Crippen LogP contribution in [0, 0.1) is 0 Å². The maximum atomic E-state index is 12.3. The van der Waals surface area contributed by atoms with Crippen molar-refractivity contribution in [3.8, 4) is 5.75 Å². The summed E-state index contributed by atoms with van der Waals surface area (Å²) >= 11 is 1.51. The van der Waals surface area contributed by atoms with Gasteiger partial charge < -0.3 is 15.2 Å². The molecule has 2 atom stereocenters. The number of rotatable bonds is 3. The summed E-state index contributed by atoms with van der Waals surface area (Å²) in [6.45, 7) is 4.27. The Morgan fingerprint density at radius 3 is 2.50 bits per heavy atom. The van der Waals surface area contributed by atoms with E-state index in [2.05, 4.69) is 25.2 Å². The van der Waals surface area contributed by atoms with Crippen molar-refractivity contribution < 1.29 is 14.6 Å². The minimum absolute atomic E-state index is 0.362. The van der Waals surface area contributed by atoms with E-state index < -0.39 is 6.10 Å². The molecule has 0 fully saturated rings. The maximum absolute atomic E-state index is 12.3. The molecule has 0 radical (unpaired) electrons. The van der Waals surface area contributed by atoms with Crippen LogP contribution in [0.25, 0.3) is 0 Å². The first-order valence-corrected chi connectivity index (χ1v) is 8.81. The Morgan fingerprint density at radius 1 is 1.17 bits per heavy atom. The highest BCUT2D eigenvalue weighted by molar-refractivity contribution is 7.99. The van der Waals surface area contributed by atoms with E-state index in [0.717, 1.165) is 21.9 Å². The zero-order chi connectivity index (χ0) is 17.3. The third kappa shape index (κ3) is 3.28. The van der Waals surface area contributed by atoms with Crippen molar-refractivity contribution >= 4 is 23.4 Å². The summed E-state index contributed by atoms with van der Waals surface area (Å²) in [4.78, 5) is 13.3. The minimum Gasteiger partial charge on any atom is -0.497 e. The van der Waals surface area contributed by atoms with Gasteiger partial charge in [-0.3, -0.25) is 4.79 Å². The first kappa shape index (κ1) is 16.9.